The van der Waals surface area contributed by atoms with E-state index in [1.807, 2.05) is 0 Å². The van der Waals surface area contributed by atoms with Crippen LogP contribution in [0.1, 0.15) is 0 Å². The minimum atomic E-state index is -6.02. The van der Waals surface area contributed by atoms with Crippen molar-refractivity contribution in [1.82, 2.24) is 0 Å². The molecule has 12 nitrogen and oxygen atoms in total. The van der Waals surface area contributed by atoms with E-state index in [0.29, 0.717) is 0 Å². The van der Waals surface area contributed by atoms with Crippen LogP contribution in [0.3, 0.4) is 0 Å². The molecule has 19 heavy (non-hydrogen) atoms. The van der Waals surface area contributed by atoms with Crippen molar-refractivity contribution in [3.63, 3.8) is 0 Å². The maximum atomic E-state index is 8.63. The first-order valence-electron chi connectivity index (χ1n) is 2.20. The molecule has 2 radical (unpaired) electrons. The third kappa shape index (κ3) is 535. The fraction of sp³-hybridized carbons (Fsp3) is 0. The van der Waals surface area contributed by atoms with Gasteiger partial charge in [-0.25, -0.2) is 0 Å². The third-order valence-electron chi connectivity index (χ3n) is 0. The summed E-state index contributed by atoms with van der Waals surface area (Å²) in [4.78, 5) is 0. The first kappa shape index (κ1) is 38.6. The van der Waals surface area contributed by atoms with Gasteiger partial charge < -0.3 is 0 Å². The quantitative estimate of drug-likeness (QED) is 0.132. The zero-order valence-electron chi connectivity index (χ0n) is 8.02. The standard InChI is InChI=1S/2Ce.3Mo.12O.H2S2/c;;;;;;;;;;;;;;;;;1-2/h;;;;;;;;;;;;;;;;;1-2H/q2*+3;;;;;;;;;;6*-1;. The Bertz CT molecular complexity index is 350. The van der Waals surface area contributed by atoms with Gasteiger partial charge in [0.05, 0.1) is 0 Å². The van der Waals surface area contributed by atoms with Crippen molar-refractivity contribution in [2.24, 2.45) is 0 Å². The fourth-order valence-electron chi connectivity index (χ4n) is 0. The van der Waals surface area contributed by atoms with E-state index in [9.17, 15) is 0 Å². The van der Waals surface area contributed by atoms with Crippen LogP contribution in [-0.4, -0.2) is 0 Å². The molecule has 0 rings (SSSR count). The zero-order valence-corrected chi connectivity index (χ0v) is 22.1. The molecule has 0 heterocycles. The van der Waals surface area contributed by atoms with Gasteiger partial charge in [0.25, 0.3) is 0 Å². The van der Waals surface area contributed by atoms with Gasteiger partial charge in [0.1, 0.15) is 0 Å². The van der Waals surface area contributed by atoms with Gasteiger partial charge in [-0.1, -0.05) is 0 Å². The number of rotatable bonds is 0. The summed E-state index contributed by atoms with van der Waals surface area (Å²) in [6.07, 6.45) is 0. The molecule has 0 unspecified atom stereocenters. The van der Waals surface area contributed by atoms with E-state index in [-0.39, 0.29) is 83.5 Å². The molecule has 0 aliphatic carbocycles. The van der Waals surface area contributed by atoms with Crippen LogP contribution < -0.4 is 22.6 Å². The van der Waals surface area contributed by atoms with Crippen LogP contribution in [0.2, 0.25) is 0 Å². The van der Waals surface area contributed by atoms with Crippen LogP contribution in [0.15, 0.2) is 0 Å². The predicted octanol–water partition coefficient (Wildman–Crippen LogP) is -7.09. The summed E-state index contributed by atoms with van der Waals surface area (Å²) in [5.41, 5.74) is 0. The Morgan fingerprint density at radius 2 is 0.474 bits per heavy atom. The Balaban J connectivity index is -0.0000000298. The van der Waals surface area contributed by atoms with Crippen molar-refractivity contribution in [3.8, 4) is 0 Å². The van der Waals surface area contributed by atoms with Crippen LogP contribution >= 0.6 is 23.3 Å². The Morgan fingerprint density at radius 3 is 0.474 bits per heavy atom. The molecule has 0 aromatic carbocycles. The van der Waals surface area contributed by atoms with Crippen molar-refractivity contribution in [2.75, 3.05) is 0 Å². The van der Waals surface area contributed by atoms with Crippen LogP contribution in [-0.2, 0) is 70.6 Å². The zero-order chi connectivity index (χ0) is 15.5. The molecule has 0 bridgehead atoms. The van der Waals surface area contributed by atoms with Crippen molar-refractivity contribution in [2.45, 2.75) is 0 Å². The summed E-state index contributed by atoms with van der Waals surface area (Å²) in [7, 11) is 0. The Morgan fingerprint density at radius 1 is 0.474 bits per heavy atom. The van der Waals surface area contributed by atoms with Crippen molar-refractivity contribution < 1.29 is 177 Å². The second-order valence-corrected chi connectivity index (χ2v) is 7.25. The fourth-order valence-corrected chi connectivity index (χ4v) is 0. The summed E-state index contributed by atoms with van der Waals surface area (Å²) < 4.78 is 104. The Hall–Kier alpha value is 4.08. The van der Waals surface area contributed by atoms with Gasteiger partial charge in [-0.15, -0.1) is 23.3 Å². The average Bonchev–Trinajstić information content (AvgIpc) is 1.77. The average molecular weight is 826 g/mol. The molecule has 0 aromatic rings. The predicted molar refractivity (Wildman–Crippen MR) is 22.1 cm³/mol. The molecule has 0 amide bonds. The molecule has 0 atom stereocenters. The molecule has 0 fully saturated rings. The summed E-state index contributed by atoms with van der Waals surface area (Å²) in [5, 5.41) is 0. The van der Waals surface area contributed by atoms with E-state index in [1.54, 1.807) is 0 Å². The maximum absolute atomic E-state index is 8.63. The molecular formula is H2Ce2Mo3O12S2. The molecule has 112 valence electrons. The molecule has 0 aromatic heterocycles. The van der Waals surface area contributed by atoms with Crippen molar-refractivity contribution in [1.29, 1.82) is 0 Å². The van der Waals surface area contributed by atoms with Crippen LogP contribution in [0.4, 0.5) is 0 Å². The second-order valence-electron chi connectivity index (χ2n) is 1.22. The summed E-state index contributed by atoms with van der Waals surface area (Å²) in [6.45, 7) is 0. The summed E-state index contributed by atoms with van der Waals surface area (Å²) in [5.74, 6) is 0. The van der Waals surface area contributed by atoms with E-state index in [1.165, 1.54) is 0 Å². The van der Waals surface area contributed by atoms with Gasteiger partial charge in [0.15, 0.2) is 0 Å². The number of hydrogen-bond acceptors (Lipinski definition) is 14. The third-order valence-corrected chi connectivity index (χ3v) is 0. The first-order chi connectivity index (χ1) is 7.00. The van der Waals surface area contributed by atoms with E-state index >= 15 is 0 Å². The summed E-state index contributed by atoms with van der Waals surface area (Å²) in [6, 6.07) is 0. The second kappa shape index (κ2) is 20.1. The molecular weight excluding hydrogens is 824 g/mol. The Labute approximate surface area is 195 Å². The van der Waals surface area contributed by atoms with Crippen LogP contribution in [0.5, 0.6) is 0 Å². The normalized spacial score (nSPS) is 9.47. The minimum absolute atomic E-state index is 0. The van der Waals surface area contributed by atoms with E-state index < -0.39 is 50.2 Å². The molecule has 0 saturated carbocycles. The van der Waals surface area contributed by atoms with Gasteiger partial charge in [-0.05, 0) is 0 Å². The van der Waals surface area contributed by atoms with Gasteiger partial charge in [-0.2, -0.15) is 0 Å². The topological polar surface area (TPSA) is 241 Å². The van der Waals surface area contributed by atoms with E-state index in [2.05, 4.69) is 23.3 Å². The molecule has 19 heteroatoms. The summed E-state index contributed by atoms with van der Waals surface area (Å²) >= 11 is -11.6. The molecule has 0 spiro atoms. The molecule has 0 saturated heterocycles. The Kier molecular flexibility index (Phi) is 40.9. The van der Waals surface area contributed by atoms with Gasteiger partial charge in [0, 0.05) is 0 Å². The van der Waals surface area contributed by atoms with Crippen LogP contribution in [0.25, 0.3) is 0 Å². The SMILES string of the molecule is SS.[Ce+3].[Ce+3].[O]=[Mo](=[O])([O-])[O-].[O]=[Mo](=[O])([O-])[O-].[O]=[Mo](=[O])([O-])[O-]. The monoisotopic (exact) mass is 831 g/mol. The molecule has 0 N–H and O–H groups in total. The molecule has 0 aliphatic heterocycles. The van der Waals surface area contributed by atoms with Crippen molar-refractivity contribution >= 4 is 23.3 Å². The number of hydrogen-bond donors (Lipinski definition) is 2. The molecule has 0 aliphatic rings. The van der Waals surface area contributed by atoms with Gasteiger partial charge in [-0.3, -0.25) is 0 Å². The van der Waals surface area contributed by atoms with E-state index in [4.69, 9.17) is 42.9 Å². The van der Waals surface area contributed by atoms with Crippen LogP contribution in [0, 0.1) is 83.5 Å². The van der Waals surface area contributed by atoms with Gasteiger partial charge >= 0.3 is 177 Å². The first-order valence-corrected chi connectivity index (χ1v) is 13.6. The number of thiol groups is 2. The van der Waals surface area contributed by atoms with Gasteiger partial charge in [0.2, 0.25) is 0 Å². The van der Waals surface area contributed by atoms with E-state index in [0.717, 1.165) is 0 Å². The van der Waals surface area contributed by atoms with Crippen molar-refractivity contribution in [3.05, 3.63) is 0 Å².